The summed E-state index contributed by atoms with van der Waals surface area (Å²) >= 11 is 0. The Bertz CT molecular complexity index is 1530. The molecule has 2 aromatic rings. The molecule has 5 amide bonds. The number of nitrogens with zero attached hydrogens (tertiary/aromatic N) is 4. The maximum atomic E-state index is 13.6. The van der Waals surface area contributed by atoms with E-state index in [1.807, 2.05) is 13.0 Å². The molecule has 2 fully saturated rings. The number of carboxylic acids is 1. The lowest BCUT2D eigenvalue weighted by Gasteiger charge is -2.35. The predicted octanol–water partition coefficient (Wildman–Crippen LogP) is 1.26. The van der Waals surface area contributed by atoms with E-state index in [2.05, 4.69) is 15.6 Å². The standard InChI is InChI=1S/C32H41FN6O9/c1-3-47-32(46)38-15-13-37(14-16-38)31(45)22(8-9-28(41)42)36-29(43)24-18-26(21-7-6-20(2)17-23(21)35-24)48-19-27(40)39-12-4-5-25(39)30(44)34-11-10-33/h6-7,17-18,22,25H,3-5,8-16,19H2,1-2H3,(H,34,44)(H,36,43)(H,41,42)/t22-,25-/m0/s1. The number of ether oxygens (including phenoxy) is 2. The van der Waals surface area contributed by atoms with Gasteiger partial charge in [-0.3, -0.25) is 24.0 Å². The summed E-state index contributed by atoms with van der Waals surface area (Å²) in [5, 5.41) is 14.9. The molecular weight excluding hydrogens is 631 g/mol. The molecular formula is C32H41FN6O9. The summed E-state index contributed by atoms with van der Waals surface area (Å²) in [5.74, 6) is -3.13. The lowest BCUT2D eigenvalue weighted by Crippen LogP contribution is -2.56. The number of benzene rings is 1. The minimum absolute atomic E-state index is 0.125. The normalized spacial score (nSPS) is 16.7. The van der Waals surface area contributed by atoms with Crippen molar-refractivity contribution in [3.63, 3.8) is 0 Å². The zero-order valence-corrected chi connectivity index (χ0v) is 27.0. The number of rotatable bonds is 13. The van der Waals surface area contributed by atoms with Crippen molar-refractivity contribution in [2.24, 2.45) is 0 Å². The van der Waals surface area contributed by atoms with Crippen LogP contribution in [0.15, 0.2) is 24.3 Å². The van der Waals surface area contributed by atoms with Crippen LogP contribution in [0, 0.1) is 6.92 Å². The second-order valence-electron chi connectivity index (χ2n) is 11.5. The quantitative estimate of drug-likeness (QED) is 0.280. The van der Waals surface area contributed by atoms with E-state index >= 15 is 0 Å². The van der Waals surface area contributed by atoms with Crippen molar-refractivity contribution in [2.75, 3.05) is 59.2 Å². The van der Waals surface area contributed by atoms with Gasteiger partial charge in [0.15, 0.2) is 6.61 Å². The van der Waals surface area contributed by atoms with Crippen molar-refractivity contribution in [2.45, 2.75) is 51.6 Å². The van der Waals surface area contributed by atoms with Crippen LogP contribution in [0.5, 0.6) is 5.75 Å². The molecule has 0 aliphatic carbocycles. The summed E-state index contributed by atoms with van der Waals surface area (Å²) in [5.41, 5.74) is 1.10. The van der Waals surface area contributed by atoms with Gasteiger partial charge in [0.2, 0.25) is 11.8 Å². The lowest BCUT2D eigenvalue weighted by molar-refractivity contribution is -0.140. The van der Waals surface area contributed by atoms with Gasteiger partial charge in [-0.1, -0.05) is 6.07 Å². The molecule has 3 N–H and O–H groups in total. The second-order valence-corrected chi connectivity index (χ2v) is 11.5. The number of fused-ring (bicyclic) bond motifs is 1. The molecule has 16 heteroatoms. The zero-order valence-electron chi connectivity index (χ0n) is 27.0. The number of pyridine rings is 1. The van der Waals surface area contributed by atoms with Crippen molar-refractivity contribution in [3.8, 4) is 5.75 Å². The molecule has 1 aromatic heterocycles. The number of amides is 5. The average Bonchev–Trinajstić information content (AvgIpc) is 3.57. The van der Waals surface area contributed by atoms with Gasteiger partial charge in [0.25, 0.3) is 11.8 Å². The molecule has 0 spiro atoms. The minimum Gasteiger partial charge on any atom is -0.483 e. The van der Waals surface area contributed by atoms with Gasteiger partial charge in [-0.05, 0) is 50.8 Å². The smallest absolute Gasteiger partial charge is 0.409 e. The third kappa shape index (κ3) is 9.07. The fourth-order valence-corrected chi connectivity index (χ4v) is 5.69. The summed E-state index contributed by atoms with van der Waals surface area (Å²) in [6.45, 7) is 3.55. The molecule has 2 aliphatic heterocycles. The number of nitrogens with one attached hydrogen (secondary N) is 2. The highest BCUT2D eigenvalue weighted by Crippen LogP contribution is 2.27. The van der Waals surface area contributed by atoms with Gasteiger partial charge in [0.05, 0.1) is 12.1 Å². The van der Waals surface area contributed by atoms with Crippen molar-refractivity contribution in [1.82, 2.24) is 30.3 Å². The number of hydrogen-bond donors (Lipinski definition) is 3. The number of carboxylic acid groups (broad SMARTS) is 1. The van der Waals surface area contributed by atoms with E-state index in [4.69, 9.17) is 9.47 Å². The number of alkyl halides is 1. The van der Waals surface area contributed by atoms with Crippen molar-refractivity contribution >= 4 is 46.6 Å². The highest BCUT2D eigenvalue weighted by atomic mass is 19.1. The molecule has 3 heterocycles. The first-order valence-electron chi connectivity index (χ1n) is 15.9. The lowest BCUT2D eigenvalue weighted by atomic mass is 10.1. The monoisotopic (exact) mass is 672 g/mol. The number of carbonyl (C=O) groups excluding carboxylic acids is 5. The number of carbonyl (C=O) groups is 6. The fourth-order valence-electron chi connectivity index (χ4n) is 5.69. The van der Waals surface area contributed by atoms with Crippen LogP contribution in [-0.2, 0) is 23.9 Å². The van der Waals surface area contributed by atoms with Gasteiger partial charge < -0.3 is 39.9 Å². The summed E-state index contributed by atoms with van der Waals surface area (Å²) in [6, 6.07) is 4.68. The van der Waals surface area contributed by atoms with Crippen LogP contribution in [0.2, 0.25) is 0 Å². The highest BCUT2D eigenvalue weighted by Gasteiger charge is 2.35. The number of likely N-dealkylation sites (tertiary alicyclic amines) is 1. The molecule has 0 bridgehead atoms. The Morgan fingerprint density at radius 2 is 1.79 bits per heavy atom. The fraction of sp³-hybridized carbons (Fsp3) is 0.531. The molecule has 2 atom stereocenters. The number of hydrogen-bond acceptors (Lipinski definition) is 9. The van der Waals surface area contributed by atoms with Crippen molar-refractivity contribution in [1.29, 1.82) is 0 Å². The Labute approximate surface area is 276 Å². The molecule has 4 rings (SSSR count). The molecule has 48 heavy (non-hydrogen) atoms. The third-order valence-corrected chi connectivity index (χ3v) is 8.15. The second kappa shape index (κ2) is 16.7. The molecule has 2 saturated heterocycles. The van der Waals surface area contributed by atoms with E-state index in [9.17, 15) is 38.3 Å². The van der Waals surface area contributed by atoms with E-state index in [0.29, 0.717) is 30.3 Å². The summed E-state index contributed by atoms with van der Waals surface area (Å²) in [7, 11) is 0. The predicted molar refractivity (Wildman–Crippen MR) is 169 cm³/mol. The Kier molecular flexibility index (Phi) is 12.5. The van der Waals surface area contributed by atoms with Crippen LogP contribution in [0.3, 0.4) is 0 Å². The molecule has 2 aliphatic rings. The molecule has 15 nitrogen and oxygen atoms in total. The Hall–Kier alpha value is -5.02. The number of halogens is 1. The minimum atomic E-state index is -1.20. The van der Waals surface area contributed by atoms with Crippen LogP contribution in [0.4, 0.5) is 9.18 Å². The Morgan fingerprint density at radius 3 is 2.48 bits per heavy atom. The van der Waals surface area contributed by atoms with Crippen molar-refractivity contribution < 1.29 is 47.7 Å². The first kappa shape index (κ1) is 35.8. The number of piperazine rings is 1. The molecule has 0 radical (unpaired) electrons. The van der Waals surface area contributed by atoms with E-state index in [1.54, 1.807) is 19.1 Å². The van der Waals surface area contributed by atoms with Gasteiger partial charge in [-0.25, -0.2) is 14.2 Å². The molecule has 0 saturated carbocycles. The maximum absolute atomic E-state index is 13.6. The third-order valence-electron chi connectivity index (χ3n) is 8.15. The SMILES string of the molecule is CCOC(=O)N1CCN(C(=O)[C@H](CCC(=O)O)NC(=O)c2cc(OCC(=O)N3CCC[C@H]3C(=O)NCCF)c3ccc(C)cc3n2)CC1. The molecule has 1 aromatic carbocycles. The maximum Gasteiger partial charge on any atom is 0.409 e. The van der Waals surface area contributed by atoms with E-state index in [0.717, 1.165) is 5.56 Å². The topological polar surface area (TPSA) is 188 Å². The van der Waals surface area contributed by atoms with E-state index in [-0.39, 0.29) is 63.6 Å². The van der Waals surface area contributed by atoms with E-state index < -0.39 is 61.1 Å². The average molecular weight is 673 g/mol. The van der Waals surface area contributed by atoms with Crippen molar-refractivity contribution in [3.05, 3.63) is 35.5 Å². The van der Waals surface area contributed by atoms with Gasteiger partial charge >= 0.3 is 12.1 Å². The van der Waals surface area contributed by atoms with Crippen LogP contribution in [0.1, 0.15) is 48.7 Å². The van der Waals surface area contributed by atoms with Crippen LogP contribution < -0.4 is 15.4 Å². The van der Waals surface area contributed by atoms with E-state index in [1.165, 1.54) is 20.8 Å². The number of aliphatic carboxylic acids is 1. The summed E-state index contributed by atoms with van der Waals surface area (Å²) < 4.78 is 23.5. The zero-order chi connectivity index (χ0) is 34.8. The Balaban J connectivity index is 1.50. The summed E-state index contributed by atoms with van der Waals surface area (Å²) in [6.07, 6.45) is -0.0161. The largest absolute Gasteiger partial charge is 0.483 e. The number of aryl methyl sites for hydroxylation is 1. The first-order chi connectivity index (χ1) is 23.0. The summed E-state index contributed by atoms with van der Waals surface area (Å²) in [4.78, 5) is 84.9. The molecule has 0 unspecified atom stereocenters. The van der Waals surface area contributed by atoms with Gasteiger partial charge in [-0.15, -0.1) is 0 Å². The van der Waals surface area contributed by atoms with Crippen LogP contribution >= 0.6 is 0 Å². The van der Waals surface area contributed by atoms with Crippen LogP contribution in [0.25, 0.3) is 10.9 Å². The van der Waals surface area contributed by atoms with Gasteiger partial charge in [0.1, 0.15) is 30.2 Å². The van der Waals surface area contributed by atoms with Crippen LogP contribution in [-0.4, -0.2) is 132 Å². The van der Waals surface area contributed by atoms with Gasteiger partial charge in [-0.2, -0.15) is 0 Å². The number of aromatic nitrogens is 1. The molecule has 260 valence electrons. The van der Waals surface area contributed by atoms with Gasteiger partial charge in [0, 0.05) is 57.1 Å². The first-order valence-corrected chi connectivity index (χ1v) is 15.9. The highest BCUT2D eigenvalue weighted by molar-refractivity contribution is 5.99. The Morgan fingerprint density at radius 1 is 1.06 bits per heavy atom.